The molecular weight excluding hydrogens is 462 g/mol. The molecule has 0 aliphatic carbocycles. The summed E-state index contributed by atoms with van der Waals surface area (Å²) in [5.74, 6) is -0.851. The van der Waals surface area contributed by atoms with Crippen molar-refractivity contribution < 1.29 is 28.9 Å². The third-order valence-corrected chi connectivity index (χ3v) is 4.85. The Hall–Kier alpha value is -4.26. The summed E-state index contributed by atoms with van der Waals surface area (Å²) < 4.78 is 10.3. The van der Waals surface area contributed by atoms with E-state index in [4.69, 9.17) is 9.47 Å². The first-order valence-electron chi connectivity index (χ1n) is 10.5. The van der Waals surface area contributed by atoms with E-state index in [2.05, 4.69) is 10.6 Å². The number of carbonyl (C=O) groups excluding carboxylic acids is 2. The minimum atomic E-state index is -1.16. The zero-order chi connectivity index (χ0) is 26.1. The standard InChI is InChI=1S/C22H27N5O8/c1-14(22(29)35-13-15-5-7-17(34-4)8-6-15)24-20-18(26(30)31)11-16(12-19(20)27(32)33)21(28)23-9-10-25(2)3/h5-8,11-12,14,24H,9-10,13H2,1-4H3,(H,23,28). The topological polar surface area (TPSA) is 166 Å². The summed E-state index contributed by atoms with van der Waals surface area (Å²) in [7, 11) is 5.11. The minimum Gasteiger partial charge on any atom is -0.497 e. The lowest BCUT2D eigenvalue weighted by atomic mass is 10.1. The molecule has 1 amide bonds. The number of likely N-dealkylation sites (N-methyl/N-ethyl adjacent to an activating group) is 1. The average Bonchev–Trinajstić information content (AvgIpc) is 2.82. The Labute approximate surface area is 201 Å². The molecule has 0 fully saturated rings. The number of amides is 1. The Morgan fingerprint density at radius 2 is 1.63 bits per heavy atom. The molecule has 2 N–H and O–H groups in total. The van der Waals surface area contributed by atoms with Crippen LogP contribution in [0.15, 0.2) is 36.4 Å². The number of hydrogen-bond donors (Lipinski definition) is 2. The highest BCUT2D eigenvalue weighted by Crippen LogP contribution is 2.36. The Kier molecular flexibility index (Phi) is 9.46. The summed E-state index contributed by atoms with van der Waals surface area (Å²) in [6.45, 7) is 2.02. The fraction of sp³-hybridized carbons (Fsp3) is 0.364. The van der Waals surface area contributed by atoms with Gasteiger partial charge >= 0.3 is 5.97 Å². The summed E-state index contributed by atoms with van der Waals surface area (Å²) in [4.78, 5) is 48.3. The van der Waals surface area contributed by atoms with Gasteiger partial charge in [0.15, 0.2) is 5.69 Å². The van der Waals surface area contributed by atoms with Crippen molar-refractivity contribution in [3.05, 3.63) is 67.8 Å². The molecule has 0 saturated carbocycles. The number of nitrogens with one attached hydrogen (secondary N) is 2. The van der Waals surface area contributed by atoms with Crippen LogP contribution >= 0.6 is 0 Å². The van der Waals surface area contributed by atoms with Crippen molar-refractivity contribution in [2.24, 2.45) is 0 Å². The van der Waals surface area contributed by atoms with E-state index in [0.29, 0.717) is 17.9 Å². The number of nitro groups is 2. The summed E-state index contributed by atoms with van der Waals surface area (Å²) >= 11 is 0. The molecule has 35 heavy (non-hydrogen) atoms. The highest BCUT2D eigenvalue weighted by Gasteiger charge is 2.31. The van der Waals surface area contributed by atoms with E-state index in [1.165, 1.54) is 14.0 Å². The van der Waals surface area contributed by atoms with Gasteiger partial charge in [-0.3, -0.25) is 25.0 Å². The van der Waals surface area contributed by atoms with Gasteiger partial charge in [0.05, 0.1) is 22.5 Å². The van der Waals surface area contributed by atoms with Crippen LogP contribution in [-0.4, -0.2) is 67.0 Å². The van der Waals surface area contributed by atoms with E-state index in [-0.39, 0.29) is 18.7 Å². The highest BCUT2D eigenvalue weighted by molar-refractivity contribution is 5.98. The molecule has 0 aromatic heterocycles. The van der Waals surface area contributed by atoms with Gasteiger partial charge in [0.25, 0.3) is 17.3 Å². The van der Waals surface area contributed by atoms with Crippen LogP contribution in [0.25, 0.3) is 0 Å². The molecule has 1 atom stereocenters. The molecule has 0 aliphatic rings. The van der Waals surface area contributed by atoms with Crippen molar-refractivity contribution in [2.45, 2.75) is 19.6 Å². The van der Waals surface area contributed by atoms with E-state index >= 15 is 0 Å². The fourth-order valence-electron chi connectivity index (χ4n) is 2.95. The lowest BCUT2D eigenvalue weighted by Gasteiger charge is -2.16. The van der Waals surface area contributed by atoms with Crippen molar-refractivity contribution in [1.82, 2.24) is 10.2 Å². The van der Waals surface area contributed by atoms with Crippen molar-refractivity contribution in [3.8, 4) is 5.75 Å². The van der Waals surface area contributed by atoms with Crippen LogP contribution in [-0.2, 0) is 16.1 Å². The van der Waals surface area contributed by atoms with E-state index in [0.717, 1.165) is 12.1 Å². The zero-order valence-electron chi connectivity index (χ0n) is 19.8. The van der Waals surface area contributed by atoms with Gasteiger partial charge in [-0.15, -0.1) is 0 Å². The number of nitrogens with zero attached hydrogens (tertiary/aromatic N) is 3. The molecule has 13 nitrogen and oxygen atoms in total. The monoisotopic (exact) mass is 489 g/mol. The average molecular weight is 489 g/mol. The van der Waals surface area contributed by atoms with Crippen LogP contribution in [0.5, 0.6) is 5.75 Å². The van der Waals surface area contributed by atoms with Crippen molar-refractivity contribution in [3.63, 3.8) is 0 Å². The molecular formula is C22H27N5O8. The highest BCUT2D eigenvalue weighted by atomic mass is 16.6. The second kappa shape index (κ2) is 12.3. The van der Waals surface area contributed by atoms with Gasteiger partial charge in [0, 0.05) is 25.2 Å². The fourth-order valence-corrected chi connectivity index (χ4v) is 2.95. The van der Waals surface area contributed by atoms with E-state index < -0.39 is 44.8 Å². The van der Waals surface area contributed by atoms with Gasteiger partial charge in [0.1, 0.15) is 18.4 Å². The maximum absolute atomic E-state index is 12.4. The van der Waals surface area contributed by atoms with Gasteiger partial charge in [-0.2, -0.15) is 0 Å². The molecule has 188 valence electrons. The van der Waals surface area contributed by atoms with Crippen molar-refractivity contribution in [2.75, 3.05) is 39.6 Å². The first-order chi connectivity index (χ1) is 16.5. The van der Waals surface area contributed by atoms with Crippen LogP contribution in [0.2, 0.25) is 0 Å². The predicted octanol–water partition coefficient (Wildman–Crippen LogP) is 2.35. The van der Waals surface area contributed by atoms with Crippen LogP contribution in [0, 0.1) is 20.2 Å². The summed E-state index contributed by atoms with van der Waals surface area (Å²) in [6, 6.07) is 7.46. The molecule has 0 aliphatic heterocycles. The molecule has 1 unspecified atom stereocenters. The van der Waals surface area contributed by atoms with Gasteiger partial charge in [0.2, 0.25) is 0 Å². The lowest BCUT2D eigenvalue weighted by Crippen LogP contribution is -2.31. The summed E-state index contributed by atoms with van der Waals surface area (Å²) in [6.07, 6.45) is 0. The number of ether oxygens (including phenoxy) is 2. The second-order valence-corrected chi connectivity index (χ2v) is 7.78. The second-order valence-electron chi connectivity index (χ2n) is 7.78. The van der Waals surface area contributed by atoms with Crippen LogP contribution in [0.4, 0.5) is 17.1 Å². The van der Waals surface area contributed by atoms with Crippen LogP contribution < -0.4 is 15.4 Å². The lowest BCUT2D eigenvalue weighted by molar-refractivity contribution is -0.392. The van der Waals surface area contributed by atoms with Crippen LogP contribution in [0.1, 0.15) is 22.8 Å². The quantitative estimate of drug-likeness (QED) is 0.257. The molecule has 0 spiro atoms. The summed E-state index contributed by atoms with van der Waals surface area (Å²) in [5, 5.41) is 28.4. The van der Waals surface area contributed by atoms with Crippen molar-refractivity contribution in [1.29, 1.82) is 0 Å². The summed E-state index contributed by atoms with van der Waals surface area (Å²) in [5.41, 5.74) is -1.51. The first kappa shape index (κ1) is 27.0. The number of anilines is 1. The number of esters is 1. The van der Waals surface area contributed by atoms with Gasteiger partial charge in [-0.05, 0) is 38.7 Å². The maximum atomic E-state index is 12.4. The van der Waals surface area contributed by atoms with Gasteiger partial charge in [-0.1, -0.05) is 12.1 Å². The SMILES string of the molecule is COc1ccc(COC(=O)C(C)Nc2c([N+](=O)[O-])cc(C(=O)NCCN(C)C)cc2[N+](=O)[O-])cc1. The zero-order valence-corrected chi connectivity index (χ0v) is 19.8. The number of benzene rings is 2. The number of nitro benzene ring substituents is 2. The third kappa shape index (κ3) is 7.64. The van der Waals surface area contributed by atoms with Gasteiger partial charge in [-0.25, -0.2) is 4.79 Å². The molecule has 13 heteroatoms. The number of hydrogen-bond acceptors (Lipinski definition) is 10. The largest absolute Gasteiger partial charge is 0.497 e. The van der Waals surface area contributed by atoms with Crippen LogP contribution in [0.3, 0.4) is 0 Å². The number of carbonyl (C=O) groups is 2. The Bertz CT molecular complexity index is 1050. The molecule has 0 radical (unpaired) electrons. The van der Waals surface area contributed by atoms with Gasteiger partial charge < -0.3 is 25.0 Å². The Balaban J connectivity index is 2.21. The van der Waals surface area contributed by atoms with E-state index in [1.54, 1.807) is 38.4 Å². The Morgan fingerprint density at radius 1 is 1.06 bits per heavy atom. The van der Waals surface area contributed by atoms with Crippen molar-refractivity contribution >= 4 is 28.9 Å². The molecule has 2 rings (SSSR count). The molecule has 0 bridgehead atoms. The first-order valence-corrected chi connectivity index (χ1v) is 10.5. The Morgan fingerprint density at radius 3 is 2.11 bits per heavy atom. The minimum absolute atomic E-state index is 0.0783. The predicted molar refractivity (Wildman–Crippen MR) is 127 cm³/mol. The normalized spacial score (nSPS) is 11.5. The molecule has 0 saturated heterocycles. The number of methoxy groups -OCH3 is 1. The van der Waals surface area contributed by atoms with E-state index in [1.807, 2.05) is 4.90 Å². The smallest absolute Gasteiger partial charge is 0.328 e. The molecule has 2 aromatic carbocycles. The number of rotatable bonds is 12. The molecule has 0 heterocycles. The third-order valence-electron chi connectivity index (χ3n) is 4.85. The molecule has 2 aromatic rings. The van der Waals surface area contributed by atoms with E-state index in [9.17, 15) is 29.8 Å². The maximum Gasteiger partial charge on any atom is 0.328 e.